The van der Waals surface area contributed by atoms with Crippen molar-refractivity contribution < 1.29 is 14.3 Å². The van der Waals surface area contributed by atoms with E-state index >= 15 is 0 Å². The molecule has 0 unspecified atom stereocenters. The van der Waals surface area contributed by atoms with Gasteiger partial charge in [-0.25, -0.2) is 0 Å². The molecule has 2 aromatic carbocycles. The lowest BCUT2D eigenvalue weighted by molar-refractivity contribution is -0.137. The monoisotopic (exact) mass is 312 g/mol. The maximum Gasteiger partial charge on any atom is 0.303 e. The molecule has 23 heavy (non-hydrogen) atoms. The number of carbonyl (C=O) groups is 1. The van der Waals surface area contributed by atoms with E-state index in [9.17, 15) is 4.79 Å². The van der Waals surface area contributed by atoms with E-state index in [2.05, 4.69) is 19.1 Å². The summed E-state index contributed by atoms with van der Waals surface area (Å²) >= 11 is 0. The summed E-state index contributed by atoms with van der Waals surface area (Å²) in [5.41, 5.74) is 1.92. The molecule has 1 heterocycles. The van der Waals surface area contributed by atoms with Gasteiger partial charge in [-0.1, -0.05) is 69.0 Å². The molecule has 0 bridgehead atoms. The predicted molar refractivity (Wildman–Crippen MR) is 94.7 cm³/mol. The molecule has 0 amide bonds. The molecule has 3 nitrogen and oxygen atoms in total. The quantitative estimate of drug-likeness (QED) is 0.566. The molecule has 0 fully saturated rings. The highest BCUT2D eigenvalue weighted by Gasteiger charge is 2.03. The number of aliphatic carboxylic acids is 1. The fourth-order valence-corrected chi connectivity index (χ4v) is 2.55. The van der Waals surface area contributed by atoms with Crippen molar-refractivity contribution in [1.29, 1.82) is 0 Å². The lowest BCUT2D eigenvalue weighted by Gasteiger charge is -1.95. The van der Waals surface area contributed by atoms with E-state index in [1.54, 1.807) is 0 Å². The van der Waals surface area contributed by atoms with Gasteiger partial charge in [0.25, 0.3) is 0 Å². The average molecular weight is 312 g/mol. The van der Waals surface area contributed by atoms with Crippen LogP contribution in [-0.4, -0.2) is 11.1 Å². The summed E-state index contributed by atoms with van der Waals surface area (Å²) in [6.07, 6.45) is 5.88. The minimum absolute atomic E-state index is 0.337. The lowest BCUT2D eigenvalue weighted by Crippen LogP contribution is -1.93. The van der Waals surface area contributed by atoms with Crippen LogP contribution in [0.3, 0.4) is 0 Å². The number of carboxylic acids is 1. The SMILES string of the molecule is CCCCCCCC(=O)O.c1ccc2c(c1)oc1ccccc12. The molecule has 3 heteroatoms. The Labute approximate surface area is 136 Å². The van der Waals surface area contributed by atoms with Crippen LogP contribution >= 0.6 is 0 Å². The Kier molecular flexibility index (Phi) is 6.67. The van der Waals surface area contributed by atoms with Gasteiger partial charge in [-0.2, -0.15) is 0 Å². The second-order valence-corrected chi connectivity index (χ2v) is 5.65. The van der Waals surface area contributed by atoms with Gasteiger partial charge in [0.2, 0.25) is 0 Å². The second-order valence-electron chi connectivity index (χ2n) is 5.65. The summed E-state index contributed by atoms with van der Waals surface area (Å²) in [6, 6.07) is 16.2. The summed E-state index contributed by atoms with van der Waals surface area (Å²) in [5, 5.41) is 10.7. The second kappa shape index (κ2) is 8.99. The molecular formula is C20H24O3. The van der Waals surface area contributed by atoms with Gasteiger partial charge in [-0.3, -0.25) is 4.79 Å². The van der Waals surface area contributed by atoms with E-state index < -0.39 is 5.97 Å². The molecule has 0 aliphatic rings. The van der Waals surface area contributed by atoms with Gasteiger partial charge in [0.15, 0.2) is 0 Å². The highest BCUT2D eigenvalue weighted by molar-refractivity contribution is 6.04. The van der Waals surface area contributed by atoms with Crippen molar-refractivity contribution in [3.05, 3.63) is 48.5 Å². The first-order valence-electron chi connectivity index (χ1n) is 8.30. The van der Waals surface area contributed by atoms with Crippen molar-refractivity contribution in [1.82, 2.24) is 0 Å². The lowest BCUT2D eigenvalue weighted by atomic mass is 10.1. The van der Waals surface area contributed by atoms with Crippen molar-refractivity contribution in [3.63, 3.8) is 0 Å². The number of para-hydroxylation sites is 2. The van der Waals surface area contributed by atoms with E-state index in [1.807, 2.05) is 36.4 Å². The molecule has 1 N–H and O–H groups in total. The van der Waals surface area contributed by atoms with E-state index in [4.69, 9.17) is 9.52 Å². The van der Waals surface area contributed by atoms with Gasteiger partial charge in [0.05, 0.1) is 0 Å². The van der Waals surface area contributed by atoms with E-state index in [1.165, 1.54) is 30.0 Å². The molecule has 0 spiro atoms. The maximum atomic E-state index is 10.0. The number of hydrogen-bond donors (Lipinski definition) is 1. The first kappa shape index (κ1) is 17.1. The molecular weight excluding hydrogens is 288 g/mol. The largest absolute Gasteiger partial charge is 0.481 e. The zero-order valence-corrected chi connectivity index (χ0v) is 13.6. The molecule has 0 aliphatic heterocycles. The van der Waals surface area contributed by atoms with Gasteiger partial charge in [0.1, 0.15) is 11.2 Å². The van der Waals surface area contributed by atoms with Crippen LogP contribution < -0.4 is 0 Å². The topological polar surface area (TPSA) is 50.4 Å². The molecule has 3 rings (SSSR count). The summed E-state index contributed by atoms with van der Waals surface area (Å²) in [4.78, 5) is 10.0. The average Bonchev–Trinajstić information content (AvgIpc) is 2.94. The Morgan fingerprint density at radius 1 is 0.870 bits per heavy atom. The molecule has 0 atom stereocenters. The van der Waals surface area contributed by atoms with Crippen LogP contribution in [0.2, 0.25) is 0 Å². The third-order valence-electron chi connectivity index (χ3n) is 3.78. The highest BCUT2D eigenvalue weighted by atomic mass is 16.4. The third-order valence-corrected chi connectivity index (χ3v) is 3.78. The molecule has 0 saturated carbocycles. The number of furan rings is 1. The van der Waals surface area contributed by atoms with Gasteiger partial charge in [0, 0.05) is 17.2 Å². The fourth-order valence-electron chi connectivity index (χ4n) is 2.55. The van der Waals surface area contributed by atoms with E-state index in [0.717, 1.165) is 24.0 Å². The fraction of sp³-hybridized carbons (Fsp3) is 0.350. The number of unbranched alkanes of at least 4 members (excludes halogenated alkanes) is 4. The number of hydrogen-bond acceptors (Lipinski definition) is 2. The minimum atomic E-state index is -0.670. The smallest absolute Gasteiger partial charge is 0.303 e. The zero-order valence-electron chi connectivity index (χ0n) is 13.6. The van der Waals surface area contributed by atoms with E-state index in [-0.39, 0.29) is 0 Å². The summed E-state index contributed by atoms with van der Waals surface area (Å²) in [5.74, 6) is -0.670. The Hall–Kier alpha value is -2.29. The summed E-state index contributed by atoms with van der Waals surface area (Å²) in [7, 11) is 0. The van der Waals surface area contributed by atoms with Crippen molar-refractivity contribution in [2.45, 2.75) is 45.4 Å². The minimum Gasteiger partial charge on any atom is -0.481 e. The third kappa shape index (κ3) is 5.13. The van der Waals surface area contributed by atoms with Gasteiger partial charge in [-0.15, -0.1) is 0 Å². The molecule has 0 saturated heterocycles. The van der Waals surface area contributed by atoms with Crippen LogP contribution in [0.5, 0.6) is 0 Å². The van der Waals surface area contributed by atoms with Crippen molar-refractivity contribution in [2.75, 3.05) is 0 Å². The molecule has 0 radical (unpaired) electrons. The first-order valence-corrected chi connectivity index (χ1v) is 8.30. The Bertz CT molecular complexity index is 692. The number of carboxylic acid groups (broad SMARTS) is 1. The molecule has 122 valence electrons. The van der Waals surface area contributed by atoms with Crippen molar-refractivity contribution in [2.24, 2.45) is 0 Å². The Morgan fingerprint density at radius 2 is 1.39 bits per heavy atom. The van der Waals surface area contributed by atoms with Crippen molar-refractivity contribution in [3.8, 4) is 0 Å². The summed E-state index contributed by atoms with van der Waals surface area (Å²) < 4.78 is 5.65. The Balaban J connectivity index is 0.000000175. The van der Waals surface area contributed by atoms with Gasteiger partial charge >= 0.3 is 5.97 Å². The predicted octanol–water partition coefficient (Wildman–Crippen LogP) is 6.02. The maximum absolute atomic E-state index is 10.0. The van der Waals surface area contributed by atoms with Crippen LogP contribution in [0.15, 0.2) is 52.9 Å². The normalized spacial score (nSPS) is 10.5. The standard InChI is InChI=1S/C12H8O.C8H16O2/c1-3-7-11-9(5-1)10-6-2-4-8-12(10)13-11;1-2-3-4-5-6-7-8(9)10/h1-8H;2-7H2,1H3,(H,9,10). The highest BCUT2D eigenvalue weighted by Crippen LogP contribution is 2.27. The van der Waals surface area contributed by atoms with Gasteiger partial charge < -0.3 is 9.52 Å². The summed E-state index contributed by atoms with van der Waals surface area (Å²) in [6.45, 7) is 2.15. The molecule has 0 aliphatic carbocycles. The van der Waals surface area contributed by atoms with Crippen LogP contribution in [-0.2, 0) is 4.79 Å². The Morgan fingerprint density at radius 3 is 1.91 bits per heavy atom. The number of benzene rings is 2. The van der Waals surface area contributed by atoms with Crippen LogP contribution in [0.4, 0.5) is 0 Å². The number of rotatable bonds is 6. The number of fused-ring (bicyclic) bond motifs is 3. The molecule has 3 aromatic rings. The van der Waals surface area contributed by atoms with Crippen LogP contribution in [0.1, 0.15) is 45.4 Å². The van der Waals surface area contributed by atoms with Crippen LogP contribution in [0.25, 0.3) is 21.9 Å². The molecule has 1 aromatic heterocycles. The van der Waals surface area contributed by atoms with Gasteiger partial charge in [-0.05, 0) is 18.6 Å². The zero-order chi connectivity index (χ0) is 16.5. The van der Waals surface area contributed by atoms with Crippen LogP contribution in [0, 0.1) is 0 Å². The van der Waals surface area contributed by atoms with E-state index in [0.29, 0.717) is 6.42 Å². The first-order chi connectivity index (χ1) is 11.2. The van der Waals surface area contributed by atoms with Crippen molar-refractivity contribution >= 4 is 27.9 Å².